The summed E-state index contributed by atoms with van der Waals surface area (Å²) in [5.74, 6) is 5.21. The number of nitrogens with one attached hydrogen (secondary N) is 2. The van der Waals surface area contributed by atoms with Crippen LogP contribution in [-0.4, -0.2) is 117 Å². The van der Waals surface area contributed by atoms with Gasteiger partial charge < -0.3 is 34.6 Å². The van der Waals surface area contributed by atoms with Gasteiger partial charge in [-0.1, -0.05) is 48.0 Å². The number of carbonyl (C=O) groups is 2. The van der Waals surface area contributed by atoms with E-state index in [9.17, 15) is 14.0 Å². The van der Waals surface area contributed by atoms with Crippen LogP contribution in [0.1, 0.15) is 23.6 Å². The predicted molar refractivity (Wildman–Crippen MR) is 236 cm³/mol. The van der Waals surface area contributed by atoms with E-state index >= 15 is 0 Å². The summed E-state index contributed by atoms with van der Waals surface area (Å²) in [5.41, 5.74) is 4.04. The molecule has 0 unspecified atom stereocenters. The van der Waals surface area contributed by atoms with Crippen molar-refractivity contribution >= 4 is 52.6 Å². The van der Waals surface area contributed by atoms with Gasteiger partial charge in [0.2, 0.25) is 5.91 Å². The van der Waals surface area contributed by atoms with Crippen molar-refractivity contribution in [3.8, 4) is 17.2 Å². The number of ether oxygens (including phenoxy) is 3. The summed E-state index contributed by atoms with van der Waals surface area (Å²) in [4.78, 5) is 33.1. The Labute approximate surface area is 356 Å². The van der Waals surface area contributed by atoms with Crippen LogP contribution in [0, 0.1) is 5.82 Å². The summed E-state index contributed by atoms with van der Waals surface area (Å²) < 4.78 is 29.9. The van der Waals surface area contributed by atoms with E-state index < -0.39 is 0 Å². The Morgan fingerprint density at radius 3 is 2.10 bits per heavy atom. The number of hydrogen-bond donors (Lipinski definition) is 2. The smallest absolute Gasteiger partial charge is 0.260 e. The number of nitrogens with zero attached hydrogens (tertiary/aromatic N) is 3. The molecule has 1 heterocycles. The number of rotatable bonds is 23. The van der Waals surface area contributed by atoms with Gasteiger partial charge in [0.05, 0.1) is 26.5 Å². The lowest BCUT2D eigenvalue weighted by atomic mass is 10.1. The maximum Gasteiger partial charge on any atom is 0.260 e. The van der Waals surface area contributed by atoms with Crippen molar-refractivity contribution in [1.29, 1.82) is 0 Å². The molecule has 0 bridgehead atoms. The molecule has 0 radical (unpaired) electrons. The van der Waals surface area contributed by atoms with Gasteiger partial charge in [0, 0.05) is 86.4 Å². The molecule has 5 rings (SSSR count). The zero-order chi connectivity index (χ0) is 41.1. The Balaban J connectivity index is 1.09. The molecule has 1 atom stereocenters. The topological polar surface area (TPSA) is 95.6 Å². The SMILES string of the molecule is COc1ccc(CSCCNCCN(CCSCc2ccc(OC)cc2)C(=O)CNc2cc(Cl)ccc2OCC(=O)N2CCN(Cc3ccc(F)cc3)C[C@H]2C)cc1. The van der Waals surface area contributed by atoms with Gasteiger partial charge in [-0.2, -0.15) is 23.5 Å². The molecule has 1 fully saturated rings. The number of benzene rings is 4. The van der Waals surface area contributed by atoms with Crippen molar-refractivity contribution in [2.24, 2.45) is 0 Å². The second-order valence-electron chi connectivity index (χ2n) is 14.0. The minimum Gasteiger partial charge on any atom is -0.497 e. The van der Waals surface area contributed by atoms with Gasteiger partial charge in [-0.05, 0) is 78.2 Å². The maximum absolute atomic E-state index is 13.7. The highest BCUT2D eigenvalue weighted by Gasteiger charge is 2.28. The van der Waals surface area contributed by atoms with Crippen LogP contribution in [-0.2, 0) is 27.6 Å². The van der Waals surface area contributed by atoms with E-state index in [1.807, 2.05) is 52.8 Å². The monoisotopic (exact) mass is 851 g/mol. The Morgan fingerprint density at radius 1 is 0.828 bits per heavy atom. The van der Waals surface area contributed by atoms with Crippen LogP contribution in [0.4, 0.5) is 10.1 Å². The summed E-state index contributed by atoms with van der Waals surface area (Å²) >= 11 is 10.0. The molecule has 2 amide bonds. The standard InChI is InChI=1S/C44H55ClFN5O5S2/c1-33-28-49(29-34-4-11-38(46)12-5-34)21-22-51(33)44(53)30-56-42-17-10-37(45)26-41(42)48-27-43(52)50(23-25-58-32-36-8-15-40(55-3)16-9-36)20-18-47-19-24-57-31-35-6-13-39(54-2)14-7-35/h4-17,26,33,47-48H,18-25,27-32H2,1-3H3/t33-/m1/s1. The van der Waals surface area contributed by atoms with Crippen molar-refractivity contribution in [2.45, 2.75) is 31.0 Å². The van der Waals surface area contributed by atoms with Crippen LogP contribution >= 0.6 is 35.1 Å². The number of methoxy groups -OCH3 is 2. The predicted octanol–water partition coefficient (Wildman–Crippen LogP) is 7.30. The van der Waals surface area contributed by atoms with Gasteiger partial charge in [-0.15, -0.1) is 0 Å². The molecule has 0 spiro atoms. The van der Waals surface area contributed by atoms with Crippen molar-refractivity contribution in [3.05, 3.63) is 119 Å². The molecule has 1 aliphatic heterocycles. The Morgan fingerprint density at radius 2 is 1.47 bits per heavy atom. The molecule has 58 heavy (non-hydrogen) atoms. The Bertz CT molecular complexity index is 1860. The highest BCUT2D eigenvalue weighted by Crippen LogP contribution is 2.28. The number of hydrogen-bond acceptors (Lipinski definition) is 10. The first-order chi connectivity index (χ1) is 28.2. The maximum atomic E-state index is 13.7. The van der Waals surface area contributed by atoms with Crippen LogP contribution in [0.15, 0.2) is 91.0 Å². The van der Waals surface area contributed by atoms with Gasteiger partial charge in [0.1, 0.15) is 23.1 Å². The highest BCUT2D eigenvalue weighted by molar-refractivity contribution is 7.98. The Hall–Kier alpha value is -4.14. The minimum atomic E-state index is -0.252. The molecule has 14 heteroatoms. The first kappa shape index (κ1) is 45.0. The number of anilines is 1. The fourth-order valence-corrected chi connectivity index (χ4v) is 8.46. The van der Waals surface area contributed by atoms with E-state index in [-0.39, 0.29) is 36.8 Å². The highest BCUT2D eigenvalue weighted by atomic mass is 35.5. The number of carbonyl (C=O) groups excluding carboxylic acids is 2. The fraction of sp³-hybridized carbons (Fsp3) is 0.409. The summed E-state index contributed by atoms with van der Waals surface area (Å²) in [6, 6.07) is 27.8. The third-order valence-corrected chi connectivity index (χ3v) is 12.0. The molecule has 10 nitrogen and oxygen atoms in total. The van der Waals surface area contributed by atoms with Crippen LogP contribution in [0.3, 0.4) is 0 Å². The minimum absolute atomic E-state index is 0.0151. The molecule has 1 saturated heterocycles. The zero-order valence-electron chi connectivity index (χ0n) is 33.6. The van der Waals surface area contributed by atoms with E-state index in [1.165, 1.54) is 23.3 Å². The Kier molecular flexibility index (Phi) is 18.7. The summed E-state index contributed by atoms with van der Waals surface area (Å²) in [6.07, 6.45) is 0. The third kappa shape index (κ3) is 14.9. The fourth-order valence-electron chi connectivity index (χ4n) is 6.51. The molecule has 0 aliphatic carbocycles. The number of halogens is 2. The lowest BCUT2D eigenvalue weighted by molar-refractivity contribution is -0.138. The first-order valence-electron chi connectivity index (χ1n) is 19.5. The van der Waals surface area contributed by atoms with Crippen LogP contribution < -0.4 is 24.8 Å². The van der Waals surface area contributed by atoms with E-state index in [1.54, 1.807) is 56.3 Å². The molecular formula is C44H55ClFN5O5S2. The summed E-state index contributed by atoms with van der Waals surface area (Å²) in [7, 11) is 3.33. The van der Waals surface area contributed by atoms with Crippen LogP contribution in [0.25, 0.3) is 0 Å². The van der Waals surface area contributed by atoms with Gasteiger partial charge in [-0.25, -0.2) is 4.39 Å². The van der Waals surface area contributed by atoms with Crippen molar-refractivity contribution in [2.75, 3.05) is 90.0 Å². The van der Waals surface area contributed by atoms with Crippen LogP contribution in [0.2, 0.25) is 5.02 Å². The van der Waals surface area contributed by atoms with Gasteiger partial charge in [0.15, 0.2) is 6.61 Å². The summed E-state index contributed by atoms with van der Waals surface area (Å²) in [5, 5.41) is 7.23. The second kappa shape index (κ2) is 24.1. The van der Waals surface area contributed by atoms with Gasteiger partial charge >= 0.3 is 0 Å². The first-order valence-corrected chi connectivity index (χ1v) is 22.2. The van der Waals surface area contributed by atoms with E-state index in [2.05, 4.69) is 39.8 Å². The van der Waals surface area contributed by atoms with Crippen LogP contribution in [0.5, 0.6) is 17.2 Å². The van der Waals surface area contributed by atoms with Crippen molar-refractivity contribution in [1.82, 2.24) is 20.0 Å². The molecule has 0 aromatic heterocycles. The number of amides is 2. The lowest BCUT2D eigenvalue weighted by Gasteiger charge is -2.39. The molecular weight excluding hydrogens is 797 g/mol. The average molecular weight is 853 g/mol. The van der Waals surface area contributed by atoms with Gasteiger partial charge in [-0.3, -0.25) is 14.5 Å². The molecule has 312 valence electrons. The third-order valence-electron chi connectivity index (χ3n) is 9.77. The van der Waals surface area contributed by atoms with E-state index in [4.69, 9.17) is 25.8 Å². The number of thioether (sulfide) groups is 2. The average Bonchev–Trinajstić information content (AvgIpc) is 3.24. The van der Waals surface area contributed by atoms with Gasteiger partial charge in [0.25, 0.3) is 5.91 Å². The molecule has 0 saturated carbocycles. The molecule has 4 aromatic rings. The quantitative estimate of drug-likeness (QED) is 0.0741. The summed E-state index contributed by atoms with van der Waals surface area (Å²) in [6.45, 7) is 7.26. The molecule has 2 N–H and O–H groups in total. The second-order valence-corrected chi connectivity index (χ2v) is 16.7. The normalized spacial score (nSPS) is 14.2. The zero-order valence-corrected chi connectivity index (χ0v) is 36.0. The van der Waals surface area contributed by atoms with Crippen molar-refractivity contribution in [3.63, 3.8) is 0 Å². The molecule has 1 aliphatic rings. The van der Waals surface area contributed by atoms with E-state index in [0.29, 0.717) is 62.3 Å². The van der Waals surface area contributed by atoms with Crippen molar-refractivity contribution < 1.29 is 28.2 Å². The largest absolute Gasteiger partial charge is 0.497 e. The number of piperazine rings is 1. The van der Waals surface area contributed by atoms with E-state index in [0.717, 1.165) is 46.6 Å². The molecule has 4 aromatic carbocycles. The lowest BCUT2D eigenvalue weighted by Crippen LogP contribution is -2.54.